The van der Waals surface area contributed by atoms with E-state index in [2.05, 4.69) is 10.4 Å². The molecule has 1 atom stereocenters. The van der Waals surface area contributed by atoms with E-state index in [1.807, 2.05) is 0 Å². The maximum Gasteiger partial charge on any atom is 0.326 e. The Morgan fingerprint density at radius 2 is 2.11 bits per heavy atom. The smallest absolute Gasteiger partial charge is 0.326 e. The predicted octanol–water partition coefficient (Wildman–Crippen LogP) is -2.16. The number of primary amides is 1. The zero-order valence-electron chi connectivity index (χ0n) is 9.99. The van der Waals surface area contributed by atoms with E-state index in [1.165, 1.54) is 7.05 Å². The van der Waals surface area contributed by atoms with Gasteiger partial charge in [-0.15, -0.1) is 0 Å². The molecule has 0 aliphatic carbocycles. The number of rotatable bonds is 5. The number of hydrogen-bond donors (Lipinski definition) is 3. The van der Waals surface area contributed by atoms with Crippen LogP contribution in [0.15, 0.2) is 16.9 Å². The van der Waals surface area contributed by atoms with Crippen LogP contribution in [0.1, 0.15) is 16.9 Å². The Bertz CT molecular complexity index is 580. The lowest BCUT2D eigenvalue weighted by Crippen LogP contribution is -2.44. The lowest BCUT2D eigenvalue weighted by atomic mass is 10.2. The first-order valence-electron chi connectivity index (χ1n) is 5.17. The molecule has 1 aromatic heterocycles. The highest BCUT2D eigenvalue weighted by molar-refractivity contribution is 5.96. The molecule has 1 heterocycles. The van der Waals surface area contributed by atoms with Gasteiger partial charge in [0.25, 0.3) is 11.5 Å². The van der Waals surface area contributed by atoms with Gasteiger partial charge in [0.1, 0.15) is 11.7 Å². The summed E-state index contributed by atoms with van der Waals surface area (Å²) in [5.74, 6) is -3.07. The molecule has 0 saturated heterocycles. The van der Waals surface area contributed by atoms with Gasteiger partial charge < -0.3 is 16.2 Å². The van der Waals surface area contributed by atoms with E-state index in [0.717, 1.165) is 16.8 Å². The summed E-state index contributed by atoms with van der Waals surface area (Å²) in [7, 11) is 1.34. The highest BCUT2D eigenvalue weighted by Crippen LogP contribution is 1.96. The van der Waals surface area contributed by atoms with Gasteiger partial charge in [0.05, 0.1) is 6.42 Å². The summed E-state index contributed by atoms with van der Waals surface area (Å²) in [6, 6.07) is 0.830. The second-order valence-electron chi connectivity index (χ2n) is 3.72. The van der Waals surface area contributed by atoms with Crippen LogP contribution in [0, 0.1) is 0 Å². The molecule has 0 aromatic carbocycles. The van der Waals surface area contributed by atoms with E-state index in [1.54, 1.807) is 0 Å². The van der Waals surface area contributed by atoms with Gasteiger partial charge in [-0.1, -0.05) is 0 Å². The summed E-state index contributed by atoms with van der Waals surface area (Å²) in [4.78, 5) is 44.3. The molecule has 0 saturated carbocycles. The average molecular weight is 268 g/mol. The molecule has 0 aliphatic rings. The summed E-state index contributed by atoms with van der Waals surface area (Å²) in [6.07, 6.45) is -0.535. The summed E-state index contributed by atoms with van der Waals surface area (Å²) in [5.41, 5.74) is 4.32. The van der Waals surface area contributed by atoms with E-state index < -0.39 is 35.8 Å². The van der Waals surface area contributed by atoms with Gasteiger partial charge in [-0.3, -0.25) is 14.4 Å². The molecule has 9 heteroatoms. The molecule has 19 heavy (non-hydrogen) atoms. The van der Waals surface area contributed by atoms with Crippen molar-refractivity contribution in [2.75, 3.05) is 0 Å². The van der Waals surface area contributed by atoms with Crippen LogP contribution in [0.5, 0.6) is 0 Å². The second-order valence-corrected chi connectivity index (χ2v) is 3.72. The fourth-order valence-corrected chi connectivity index (χ4v) is 1.26. The molecule has 0 radical (unpaired) electrons. The molecule has 4 N–H and O–H groups in total. The maximum atomic E-state index is 11.7. The minimum atomic E-state index is -1.44. The van der Waals surface area contributed by atoms with E-state index >= 15 is 0 Å². The van der Waals surface area contributed by atoms with Gasteiger partial charge in [-0.25, -0.2) is 9.48 Å². The second kappa shape index (κ2) is 5.76. The number of hydrogen-bond acceptors (Lipinski definition) is 5. The van der Waals surface area contributed by atoms with Gasteiger partial charge >= 0.3 is 5.97 Å². The molecule has 0 unspecified atom stereocenters. The Balaban J connectivity index is 2.87. The average Bonchev–Trinajstić information content (AvgIpc) is 2.31. The van der Waals surface area contributed by atoms with Crippen LogP contribution in [0.25, 0.3) is 0 Å². The zero-order chi connectivity index (χ0) is 14.6. The summed E-state index contributed by atoms with van der Waals surface area (Å²) >= 11 is 0. The molecular weight excluding hydrogens is 256 g/mol. The van der Waals surface area contributed by atoms with E-state index in [0.29, 0.717) is 0 Å². The van der Waals surface area contributed by atoms with Gasteiger partial charge in [0.15, 0.2) is 0 Å². The van der Waals surface area contributed by atoms with Crippen molar-refractivity contribution in [1.29, 1.82) is 0 Å². The number of carboxylic acid groups (broad SMARTS) is 1. The van der Waals surface area contributed by atoms with Crippen LogP contribution in [0.3, 0.4) is 0 Å². The molecule has 0 aliphatic heterocycles. The number of nitrogens with one attached hydrogen (secondary N) is 1. The molecule has 2 amide bonds. The number of carboxylic acids is 1. The lowest BCUT2D eigenvalue weighted by molar-refractivity contribution is -0.140. The van der Waals surface area contributed by atoms with Crippen molar-refractivity contribution in [3.63, 3.8) is 0 Å². The first-order valence-corrected chi connectivity index (χ1v) is 5.17. The highest BCUT2D eigenvalue weighted by Gasteiger charge is 2.23. The summed E-state index contributed by atoms with van der Waals surface area (Å²) < 4.78 is 0.929. The van der Waals surface area contributed by atoms with Crippen molar-refractivity contribution < 1.29 is 19.5 Å². The van der Waals surface area contributed by atoms with Crippen molar-refractivity contribution >= 4 is 17.8 Å². The third kappa shape index (κ3) is 3.91. The third-order valence-corrected chi connectivity index (χ3v) is 2.20. The number of aromatic nitrogens is 2. The molecule has 9 nitrogen and oxygen atoms in total. The maximum absolute atomic E-state index is 11.7. The Morgan fingerprint density at radius 3 is 2.58 bits per heavy atom. The van der Waals surface area contributed by atoms with Crippen molar-refractivity contribution in [2.24, 2.45) is 12.8 Å². The van der Waals surface area contributed by atoms with Gasteiger partial charge in [0, 0.05) is 13.1 Å². The van der Waals surface area contributed by atoms with Crippen molar-refractivity contribution in [1.82, 2.24) is 15.1 Å². The lowest BCUT2D eigenvalue weighted by Gasteiger charge is -2.12. The van der Waals surface area contributed by atoms with Crippen LogP contribution in [-0.4, -0.2) is 38.7 Å². The quantitative estimate of drug-likeness (QED) is 0.554. The van der Waals surface area contributed by atoms with Crippen LogP contribution < -0.4 is 16.6 Å². The normalized spacial score (nSPS) is 11.6. The van der Waals surface area contributed by atoms with Crippen molar-refractivity contribution in [2.45, 2.75) is 12.5 Å². The first kappa shape index (κ1) is 14.4. The molecule has 1 aromatic rings. The molecule has 0 bridgehead atoms. The summed E-state index contributed by atoms with van der Waals surface area (Å²) in [5, 5.41) is 14.6. The Hall–Kier alpha value is -2.71. The number of aryl methyl sites for hydroxylation is 1. The first-order chi connectivity index (χ1) is 8.81. The van der Waals surface area contributed by atoms with E-state index in [-0.39, 0.29) is 5.69 Å². The number of nitrogens with two attached hydrogens (primary N) is 1. The van der Waals surface area contributed by atoms with Crippen molar-refractivity contribution in [3.05, 3.63) is 28.2 Å². The zero-order valence-corrected chi connectivity index (χ0v) is 9.99. The highest BCUT2D eigenvalue weighted by atomic mass is 16.4. The van der Waals surface area contributed by atoms with Crippen LogP contribution >= 0.6 is 0 Å². The van der Waals surface area contributed by atoms with Crippen LogP contribution in [0.2, 0.25) is 0 Å². The van der Waals surface area contributed by atoms with E-state index in [9.17, 15) is 19.2 Å². The molecule has 0 spiro atoms. The van der Waals surface area contributed by atoms with Gasteiger partial charge in [-0.2, -0.15) is 5.10 Å². The van der Waals surface area contributed by atoms with Gasteiger partial charge in [-0.05, 0) is 6.07 Å². The monoisotopic (exact) mass is 268 g/mol. The fourth-order valence-electron chi connectivity index (χ4n) is 1.26. The number of amides is 2. The van der Waals surface area contributed by atoms with Gasteiger partial charge in [0.2, 0.25) is 5.91 Å². The standard InChI is InChI=1S/C10H12N4O5/c1-14-8(16)3-2-5(13-14)9(17)12-6(10(18)19)4-7(11)15/h2-3,6H,4H2,1H3,(H2,11,15)(H,12,17)(H,18,19)/t6-/m1/s1. The SMILES string of the molecule is Cn1nc(C(=O)N[C@H](CC(N)=O)C(=O)O)ccc1=O. The minimum absolute atomic E-state index is 0.141. The Kier molecular flexibility index (Phi) is 4.35. The fraction of sp³-hybridized carbons (Fsp3) is 0.300. The number of aliphatic carboxylic acids is 1. The largest absolute Gasteiger partial charge is 0.480 e. The molecule has 1 rings (SSSR count). The summed E-state index contributed by atoms with van der Waals surface area (Å²) in [6.45, 7) is 0. The van der Waals surface area contributed by atoms with Crippen LogP contribution in [0.4, 0.5) is 0 Å². The van der Waals surface area contributed by atoms with Crippen molar-refractivity contribution in [3.8, 4) is 0 Å². The molecule has 0 fully saturated rings. The Morgan fingerprint density at radius 1 is 1.47 bits per heavy atom. The number of nitrogens with zero attached hydrogens (tertiary/aromatic N) is 2. The molecule has 102 valence electrons. The van der Waals surface area contributed by atoms with Crippen LogP contribution in [-0.2, 0) is 16.6 Å². The van der Waals surface area contributed by atoms with E-state index in [4.69, 9.17) is 10.8 Å². The topological polar surface area (TPSA) is 144 Å². The minimum Gasteiger partial charge on any atom is -0.480 e. The molecular formula is C10H12N4O5. The number of carbonyl (C=O) groups excluding carboxylic acids is 2. The third-order valence-electron chi connectivity index (χ3n) is 2.20. The number of carbonyl (C=O) groups is 3. The Labute approximate surface area is 107 Å². The predicted molar refractivity (Wildman–Crippen MR) is 62.2 cm³/mol.